The van der Waals surface area contributed by atoms with Crippen molar-refractivity contribution in [2.45, 2.75) is 13.5 Å². The van der Waals surface area contributed by atoms with Crippen LogP contribution in [0.2, 0.25) is 0 Å². The Morgan fingerprint density at radius 1 is 1.22 bits per heavy atom. The number of aryl methyl sites for hydroxylation is 1. The van der Waals surface area contributed by atoms with E-state index in [-0.39, 0.29) is 0 Å². The maximum absolute atomic E-state index is 8.83. The van der Waals surface area contributed by atoms with Gasteiger partial charge in [-0.15, -0.1) is 0 Å². The van der Waals surface area contributed by atoms with Gasteiger partial charge < -0.3 is 11.1 Å². The maximum Gasteiger partial charge on any atom is 0.0991 e. The minimum Gasteiger partial charge on any atom is -0.399 e. The fraction of sp³-hybridized carbons (Fsp3) is 0.133. The Bertz CT molecular complexity index is 577. The van der Waals surface area contributed by atoms with Crippen molar-refractivity contribution in [3.8, 4) is 6.07 Å². The van der Waals surface area contributed by atoms with Gasteiger partial charge >= 0.3 is 0 Å². The summed E-state index contributed by atoms with van der Waals surface area (Å²) in [4.78, 5) is 0. The number of nitrogens with zero attached hydrogens (tertiary/aromatic N) is 1. The third-order valence-electron chi connectivity index (χ3n) is 2.65. The normalized spacial score (nSPS) is 9.78. The van der Waals surface area contributed by atoms with Crippen molar-refractivity contribution in [2.75, 3.05) is 11.1 Å². The first-order valence-corrected chi connectivity index (χ1v) is 5.77. The van der Waals surface area contributed by atoms with Crippen molar-refractivity contribution in [2.24, 2.45) is 0 Å². The predicted molar refractivity (Wildman–Crippen MR) is 74.1 cm³/mol. The van der Waals surface area contributed by atoms with Gasteiger partial charge in [0, 0.05) is 17.9 Å². The Balaban J connectivity index is 2.09. The highest BCUT2D eigenvalue weighted by molar-refractivity contribution is 5.57. The maximum atomic E-state index is 8.83. The zero-order chi connectivity index (χ0) is 13.0. The molecular formula is C15H15N3. The van der Waals surface area contributed by atoms with Gasteiger partial charge in [-0.2, -0.15) is 5.26 Å². The molecule has 3 nitrogen and oxygen atoms in total. The van der Waals surface area contributed by atoms with Crippen LogP contribution >= 0.6 is 0 Å². The summed E-state index contributed by atoms with van der Waals surface area (Å²) < 4.78 is 0. The van der Waals surface area contributed by atoms with Gasteiger partial charge in [-0.1, -0.05) is 12.1 Å². The van der Waals surface area contributed by atoms with Crippen molar-refractivity contribution in [1.29, 1.82) is 5.26 Å². The van der Waals surface area contributed by atoms with Crippen molar-refractivity contribution in [1.82, 2.24) is 0 Å². The Morgan fingerprint density at radius 3 is 2.78 bits per heavy atom. The molecule has 0 aromatic heterocycles. The van der Waals surface area contributed by atoms with Crippen LogP contribution in [-0.4, -0.2) is 0 Å². The number of nitrogen functional groups attached to an aromatic ring is 1. The second-order valence-electron chi connectivity index (χ2n) is 4.30. The molecule has 18 heavy (non-hydrogen) atoms. The van der Waals surface area contributed by atoms with Crippen molar-refractivity contribution < 1.29 is 0 Å². The predicted octanol–water partition coefficient (Wildman–Crippen LogP) is 3.06. The van der Waals surface area contributed by atoms with E-state index in [0.717, 1.165) is 22.5 Å². The molecule has 3 heteroatoms. The van der Waals surface area contributed by atoms with Crippen LogP contribution in [0.4, 0.5) is 11.4 Å². The third kappa shape index (κ3) is 3.02. The number of hydrogen-bond donors (Lipinski definition) is 2. The molecule has 0 amide bonds. The molecule has 0 spiro atoms. The number of nitrogens with one attached hydrogen (secondary N) is 1. The summed E-state index contributed by atoms with van der Waals surface area (Å²) in [7, 11) is 0. The summed E-state index contributed by atoms with van der Waals surface area (Å²) in [6.07, 6.45) is 0. The number of anilines is 2. The van der Waals surface area contributed by atoms with E-state index in [9.17, 15) is 0 Å². The van der Waals surface area contributed by atoms with Crippen molar-refractivity contribution >= 4 is 11.4 Å². The van der Waals surface area contributed by atoms with Crippen molar-refractivity contribution in [3.05, 3.63) is 59.2 Å². The lowest BCUT2D eigenvalue weighted by atomic mass is 10.1. The van der Waals surface area contributed by atoms with Gasteiger partial charge in [0.2, 0.25) is 0 Å². The van der Waals surface area contributed by atoms with Gasteiger partial charge in [0.25, 0.3) is 0 Å². The monoisotopic (exact) mass is 237 g/mol. The van der Waals surface area contributed by atoms with E-state index in [4.69, 9.17) is 11.0 Å². The molecule has 0 saturated carbocycles. The van der Waals surface area contributed by atoms with Crippen LogP contribution in [0.1, 0.15) is 16.7 Å². The van der Waals surface area contributed by atoms with Crippen LogP contribution in [0, 0.1) is 18.3 Å². The lowest BCUT2D eigenvalue weighted by Crippen LogP contribution is -2.00. The zero-order valence-corrected chi connectivity index (χ0v) is 10.3. The minimum atomic E-state index is 0.679. The van der Waals surface area contributed by atoms with E-state index in [1.54, 1.807) is 6.07 Å². The Labute approximate surface area is 107 Å². The topological polar surface area (TPSA) is 61.8 Å². The van der Waals surface area contributed by atoms with Gasteiger partial charge in [0.15, 0.2) is 0 Å². The van der Waals surface area contributed by atoms with E-state index in [1.165, 1.54) is 0 Å². The number of benzene rings is 2. The van der Waals surface area contributed by atoms with Crippen LogP contribution in [-0.2, 0) is 6.54 Å². The highest BCUT2D eigenvalue weighted by Gasteiger charge is 1.98. The van der Waals surface area contributed by atoms with Crippen LogP contribution < -0.4 is 11.1 Å². The lowest BCUT2D eigenvalue weighted by molar-refractivity contribution is 1.14. The molecule has 0 aliphatic rings. The van der Waals surface area contributed by atoms with E-state index in [1.807, 2.05) is 43.3 Å². The number of nitrogens with two attached hydrogens (primary N) is 1. The Morgan fingerprint density at radius 2 is 2.06 bits per heavy atom. The fourth-order valence-electron chi connectivity index (χ4n) is 1.87. The number of hydrogen-bond acceptors (Lipinski definition) is 3. The summed E-state index contributed by atoms with van der Waals surface area (Å²) in [5.41, 5.74) is 10.4. The first kappa shape index (κ1) is 12.0. The molecule has 0 saturated heterocycles. The van der Waals surface area contributed by atoms with Crippen molar-refractivity contribution in [3.63, 3.8) is 0 Å². The van der Waals surface area contributed by atoms with Gasteiger partial charge in [0.1, 0.15) is 0 Å². The van der Waals surface area contributed by atoms with E-state index in [2.05, 4.69) is 11.4 Å². The molecule has 0 aliphatic heterocycles. The molecule has 3 N–H and O–H groups in total. The molecule has 90 valence electrons. The number of rotatable bonds is 3. The summed E-state index contributed by atoms with van der Waals surface area (Å²) in [6, 6.07) is 15.6. The minimum absolute atomic E-state index is 0.679. The van der Waals surface area contributed by atoms with Crippen LogP contribution in [0.3, 0.4) is 0 Å². The molecule has 2 aromatic carbocycles. The summed E-state index contributed by atoms with van der Waals surface area (Å²) >= 11 is 0. The summed E-state index contributed by atoms with van der Waals surface area (Å²) in [5.74, 6) is 0. The SMILES string of the molecule is Cc1cc(N)cc(NCc2cccc(C#N)c2)c1. The highest BCUT2D eigenvalue weighted by Crippen LogP contribution is 2.17. The van der Waals surface area contributed by atoms with Gasteiger partial charge in [-0.25, -0.2) is 0 Å². The van der Waals surface area contributed by atoms with Crippen LogP contribution in [0.25, 0.3) is 0 Å². The Kier molecular flexibility index (Phi) is 3.49. The second-order valence-corrected chi connectivity index (χ2v) is 4.30. The van der Waals surface area contributed by atoms with Crippen LogP contribution in [0.5, 0.6) is 0 Å². The van der Waals surface area contributed by atoms with Crippen LogP contribution in [0.15, 0.2) is 42.5 Å². The molecule has 0 radical (unpaired) electrons. The van der Waals surface area contributed by atoms with E-state index in [0.29, 0.717) is 12.1 Å². The molecular weight excluding hydrogens is 222 g/mol. The molecule has 0 fully saturated rings. The molecule has 0 unspecified atom stereocenters. The molecule has 0 heterocycles. The third-order valence-corrected chi connectivity index (χ3v) is 2.65. The largest absolute Gasteiger partial charge is 0.399 e. The molecule has 2 rings (SSSR count). The standard InChI is InChI=1S/C15H15N3/c1-11-5-14(17)8-15(6-11)18-10-13-4-2-3-12(7-13)9-16/h2-8,18H,10,17H2,1H3. The lowest BCUT2D eigenvalue weighted by Gasteiger charge is -2.08. The summed E-state index contributed by atoms with van der Waals surface area (Å²) in [5, 5.41) is 12.1. The quantitative estimate of drug-likeness (QED) is 0.806. The zero-order valence-electron chi connectivity index (χ0n) is 10.3. The van der Waals surface area contributed by atoms with Gasteiger partial charge in [0.05, 0.1) is 11.6 Å². The average molecular weight is 237 g/mol. The highest BCUT2D eigenvalue weighted by atomic mass is 14.9. The van der Waals surface area contributed by atoms with E-state index < -0.39 is 0 Å². The molecule has 0 atom stereocenters. The van der Waals surface area contributed by atoms with Gasteiger partial charge in [-0.3, -0.25) is 0 Å². The summed E-state index contributed by atoms with van der Waals surface area (Å²) in [6.45, 7) is 2.69. The second kappa shape index (κ2) is 5.24. The first-order valence-electron chi connectivity index (χ1n) is 5.77. The Hall–Kier alpha value is -2.47. The first-order chi connectivity index (χ1) is 8.67. The number of nitriles is 1. The molecule has 0 bridgehead atoms. The fourth-order valence-corrected chi connectivity index (χ4v) is 1.87. The average Bonchev–Trinajstić information content (AvgIpc) is 2.35. The van der Waals surface area contributed by atoms with E-state index >= 15 is 0 Å². The smallest absolute Gasteiger partial charge is 0.0991 e. The molecule has 0 aliphatic carbocycles. The molecule has 2 aromatic rings. The van der Waals surface area contributed by atoms with Gasteiger partial charge in [-0.05, 0) is 48.4 Å².